The lowest BCUT2D eigenvalue weighted by molar-refractivity contribution is -0.137. The van der Waals surface area contributed by atoms with Gasteiger partial charge in [-0.15, -0.1) is 0 Å². The number of pyridine rings is 1. The van der Waals surface area contributed by atoms with Crippen LogP contribution in [0.2, 0.25) is 0 Å². The van der Waals surface area contributed by atoms with E-state index in [1.54, 1.807) is 0 Å². The van der Waals surface area contributed by atoms with Crippen LogP contribution in [-0.2, 0) is 27.7 Å². The number of carbonyl (C=O) groups is 2. The van der Waals surface area contributed by atoms with Crippen LogP contribution in [0, 0.1) is 11.6 Å². The van der Waals surface area contributed by atoms with Crippen molar-refractivity contribution in [1.82, 2.24) is 9.97 Å². The van der Waals surface area contributed by atoms with Crippen molar-refractivity contribution in [2.75, 3.05) is 4.72 Å². The summed E-state index contributed by atoms with van der Waals surface area (Å²) in [7, 11) is -4.53. The minimum absolute atomic E-state index is 0.0915. The number of halogens is 5. The second-order valence-corrected chi connectivity index (χ2v) is 10.2. The molecule has 0 amide bonds. The Balaban J connectivity index is 1.65. The van der Waals surface area contributed by atoms with Gasteiger partial charge in [0.1, 0.15) is 11.5 Å². The van der Waals surface area contributed by atoms with Crippen LogP contribution in [0.15, 0.2) is 59.8 Å². The fourth-order valence-electron chi connectivity index (χ4n) is 3.82. The number of ketones is 1. The number of benzene rings is 2. The van der Waals surface area contributed by atoms with Crippen molar-refractivity contribution in [3.8, 4) is 0 Å². The summed E-state index contributed by atoms with van der Waals surface area (Å²) in [5.41, 5.74) is -1.55. The van der Waals surface area contributed by atoms with Crippen LogP contribution in [0.1, 0.15) is 33.5 Å². The number of hydrogen-bond donors (Lipinski definition) is 3. The second kappa shape index (κ2) is 10.4. The third kappa shape index (κ3) is 6.22. The van der Waals surface area contributed by atoms with Gasteiger partial charge in [0.25, 0.3) is 10.0 Å². The van der Waals surface area contributed by atoms with E-state index in [1.165, 1.54) is 18.5 Å². The van der Waals surface area contributed by atoms with Crippen LogP contribution < -0.4 is 4.72 Å². The lowest BCUT2D eigenvalue weighted by atomic mass is 10.0. The number of aryl methyl sites for hydroxylation is 1. The lowest BCUT2D eigenvalue weighted by Crippen LogP contribution is -2.17. The highest BCUT2D eigenvalue weighted by Gasteiger charge is 2.29. The Labute approximate surface area is 217 Å². The SMILES string of the molecule is O=C(O)CCc1cnc2[nH]cc(C(=O)c3c(F)ccc(NS(=O)(=O)c4ccc(CC(F)(F)F)cc4)c3F)c2c1. The first-order valence-electron chi connectivity index (χ1n) is 11.1. The summed E-state index contributed by atoms with van der Waals surface area (Å²) in [6.45, 7) is 0. The van der Waals surface area contributed by atoms with E-state index in [1.807, 2.05) is 4.72 Å². The zero-order chi connectivity index (χ0) is 28.5. The van der Waals surface area contributed by atoms with E-state index in [4.69, 9.17) is 5.11 Å². The molecule has 0 bridgehead atoms. The Kier molecular flexibility index (Phi) is 7.41. The van der Waals surface area contributed by atoms with Gasteiger partial charge in [-0.05, 0) is 47.9 Å². The number of aromatic nitrogens is 2. The van der Waals surface area contributed by atoms with Crippen LogP contribution in [0.25, 0.3) is 11.0 Å². The summed E-state index contributed by atoms with van der Waals surface area (Å²) >= 11 is 0. The fraction of sp³-hybridized carbons (Fsp3) is 0.160. The van der Waals surface area contributed by atoms with Gasteiger partial charge >= 0.3 is 12.1 Å². The van der Waals surface area contributed by atoms with E-state index in [9.17, 15) is 35.6 Å². The molecule has 4 rings (SSSR count). The largest absolute Gasteiger partial charge is 0.481 e. The average molecular weight is 567 g/mol. The molecule has 8 nitrogen and oxygen atoms in total. The highest BCUT2D eigenvalue weighted by atomic mass is 32.2. The van der Waals surface area contributed by atoms with Crippen LogP contribution >= 0.6 is 0 Å². The standard InChI is InChI=1S/C25H18F5N3O5S/c26-18-6-7-19(33-39(37,38)15-4-1-13(2-5-15)10-25(28,29)30)22(27)21(18)23(36)17-12-32-24-16(17)9-14(11-31-24)3-8-20(34)35/h1-2,4-7,9,11-12,33H,3,8,10H2,(H,31,32)(H,34,35). The zero-order valence-electron chi connectivity index (χ0n) is 19.6. The molecule has 39 heavy (non-hydrogen) atoms. The normalized spacial score (nSPS) is 12.0. The zero-order valence-corrected chi connectivity index (χ0v) is 20.5. The number of anilines is 1. The van der Waals surface area contributed by atoms with Gasteiger partial charge in [-0.3, -0.25) is 14.3 Å². The summed E-state index contributed by atoms with van der Waals surface area (Å²) in [5.74, 6) is -4.98. The highest BCUT2D eigenvalue weighted by Crippen LogP contribution is 2.29. The second-order valence-electron chi connectivity index (χ2n) is 8.49. The molecule has 2 aromatic carbocycles. The number of aromatic amines is 1. The molecule has 0 aliphatic rings. The first-order valence-corrected chi connectivity index (χ1v) is 12.6. The van der Waals surface area contributed by atoms with Crippen molar-refractivity contribution >= 4 is 38.5 Å². The maximum absolute atomic E-state index is 15.4. The van der Waals surface area contributed by atoms with Crippen LogP contribution in [0.4, 0.5) is 27.6 Å². The number of carboxylic acid groups (broad SMARTS) is 1. The predicted molar refractivity (Wildman–Crippen MR) is 129 cm³/mol. The number of rotatable bonds is 9. The van der Waals surface area contributed by atoms with Gasteiger partial charge in [-0.2, -0.15) is 13.2 Å². The Bertz CT molecular complexity index is 1680. The Hall–Kier alpha value is -4.33. The monoisotopic (exact) mass is 567 g/mol. The third-order valence-electron chi connectivity index (χ3n) is 5.66. The molecule has 0 saturated heterocycles. The number of nitrogens with zero attached hydrogens (tertiary/aromatic N) is 1. The van der Waals surface area contributed by atoms with Gasteiger partial charge in [0, 0.05) is 29.8 Å². The van der Waals surface area contributed by atoms with E-state index in [0.717, 1.165) is 30.3 Å². The lowest BCUT2D eigenvalue weighted by Gasteiger charge is -2.12. The van der Waals surface area contributed by atoms with E-state index in [0.29, 0.717) is 11.6 Å². The smallest absolute Gasteiger partial charge is 0.393 e. The Morgan fingerprint density at radius 1 is 1.03 bits per heavy atom. The van der Waals surface area contributed by atoms with Crippen molar-refractivity contribution in [3.63, 3.8) is 0 Å². The molecule has 4 aromatic rings. The van der Waals surface area contributed by atoms with Gasteiger partial charge in [0.2, 0.25) is 5.78 Å². The molecule has 0 unspecified atom stereocenters. The molecule has 14 heteroatoms. The van der Waals surface area contributed by atoms with Crippen molar-refractivity contribution in [2.24, 2.45) is 0 Å². The Morgan fingerprint density at radius 3 is 2.36 bits per heavy atom. The Morgan fingerprint density at radius 2 is 1.72 bits per heavy atom. The average Bonchev–Trinajstić information content (AvgIpc) is 3.27. The summed E-state index contributed by atoms with van der Waals surface area (Å²) in [6.07, 6.45) is -3.34. The number of nitrogens with one attached hydrogen (secondary N) is 2. The van der Waals surface area contributed by atoms with E-state index in [-0.39, 0.29) is 35.0 Å². The molecule has 2 aromatic heterocycles. The minimum Gasteiger partial charge on any atom is -0.481 e. The van der Waals surface area contributed by atoms with Gasteiger partial charge in [0.05, 0.1) is 22.6 Å². The fourth-order valence-corrected chi connectivity index (χ4v) is 4.88. The highest BCUT2D eigenvalue weighted by molar-refractivity contribution is 7.92. The van der Waals surface area contributed by atoms with Crippen molar-refractivity contribution < 1.29 is 45.1 Å². The topological polar surface area (TPSA) is 129 Å². The number of fused-ring (bicyclic) bond motifs is 1. The van der Waals surface area contributed by atoms with Gasteiger partial charge in [0.15, 0.2) is 5.82 Å². The maximum Gasteiger partial charge on any atom is 0.393 e. The molecule has 3 N–H and O–H groups in total. The number of carbonyl (C=O) groups excluding carboxylic acids is 1. The van der Waals surface area contributed by atoms with Gasteiger partial charge in [-0.25, -0.2) is 22.2 Å². The van der Waals surface area contributed by atoms with Crippen molar-refractivity contribution in [3.05, 3.63) is 88.7 Å². The number of sulfonamides is 1. The predicted octanol–water partition coefficient (Wildman–Crippen LogP) is 4.99. The molecule has 2 heterocycles. The molecule has 0 radical (unpaired) electrons. The molecule has 0 atom stereocenters. The van der Waals surface area contributed by atoms with Gasteiger partial charge < -0.3 is 10.1 Å². The first kappa shape index (κ1) is 27.7. The third-order valence-corrected chi connectivity index (χ3v) is 7.04. The molecule has 0 aliphatic heterocycles. The van der Waals surface area contributed by atoms with E-state index >= 15 is 4.39 Å². The van der Waals surface area contributed by atoms with Gasteiger partial charge in [-0.1, -0.05) is 12.1 Å². The van der Waals surface area contributed by atoms with Crippen LogP contribution in [0.5, 0.6) is 0 Å². The molecule has 204 valence electrons. The summed E-state index contributed by atoms with van der Waals surface area (Å²) in [6, 6.07) is 6.61. The van der Waals surface area contributed by atoms with Crippen LogP contribution in [-0.4, -0.2) is 41.4 Å². The first-order chi connectivity index (χ1) is 18.2. The summed E-state index contributed by atoms with van der Waals surface area (Å²) < 4.78 is 95.1. The molecular formula is C25H18F5N3O5S. The van der Waals surface area contributed by atoms with Crippen molar-refractivity contribution in [1.29, 1.82) is 0 Å². The minimum atomic E-state index is -4.53. The molecule has 0 saturated carbocycles. The van der Waals surface area contributed by atoms with E-state index < -0.39 is 62.2 Å². The number of carboxylic acids is 1. The maximum atomic E-state index is 15.4. The van der Waals surface area contributed by atoms with Crippen LogP contribution in [0.3, 0.4) is 0 Å². The number of hydrogen-bond acceptors (Lipinski definition) is 5. The van der Waals surface area contributed by atoms with E-state index in [2.05, 4.69) is 9.97 Å². The molecular weight excluding hydrogens is 549 g/mol. The van der Waals surface area contributed by atoms with Crippen molar-refractivity contribution in [2.45, 2.75) is 30.3 Å². The summed E-state index contributed by atoms with van der Waals surface area (Å²) in [5, 5.41) is 9.05. The molecule has 0 fully saturated rings. The number of aliphatic carboxylic acids is 1. The quantitative estimate of drug-likeness (QED) is 0.193. The molecule has 0 spiro atoms. The summed E-state index contributed by atoms with van der Waals surface area (Å²) in [4.78, 5) is 30.3. The number of alkyl halides is 3. The molecule has 0 aliphatic carbocycles. The number of H-pyrrole nitrogens is 1.